The van der Waals surface area contributed by atoms with E-state index in [4.69, 9.17) is 5.11 Å². The molecule has 0 aromatic heterocycles. The van der Waals surface area contributed by atoms with Crippen LogP contribution in [0.3, 0.4) is 0 Å². The third kappa shape index (κ3) is 4.17. The lowest BCUT2D eigenvalue weighted by Crippen LogP contribution is -2.33. The molecule has 0 saturated heterocycles. The van der Waals surface area contributed by atoms with Crippen molar-refractivity contribution in [2.24, 2.45) is 0 Å². The fourth-order valence-corrected chi connectivity index (χ4v) is 1.43. The zero-order valence-corrected chi connectivity index (χ0v) is 8.26. The van der Waals surface area contributed by atoms with Gasteiger partial charge in [-0.05, 0) is 19.8 Å². The summed E-state index contributed by atoms with van der Waals surface area (Å²) in [5, 5.41) is 10.9. The van der Waals surface area contributed by atoms with Crippen LogP contribution in [-0.4, -0.2) is 34.0 Å². The number of carbonyl (C=O) groups is 2. The first-order valence-electron chi connectivity index (χ1n) is 4.23. The minimum absolute atomic E-state index is 0.0146. The molecule has 1 amide bonds. The van der Waals surface area contributed by atoms with Crippen LogP contribution in [0.5, 0.6) is 0 Å². The molecule has 1 atom stereocenters. The monoisotopic (exact) mass is 203 g/mol. The number of carboxylic acid groups (broad SMARTS) is 1. The van der Waals surface area contributed by atoms with Gasteiger partial charge in [0, 0.05) is 6.04 Å². The van der Waals surface area contributed by atoms with Gasteiger partial charge in [-0.25, -0.2) is 0 Å². The molecule has 1 aliphatic carbocycles. The van der Waals surface area contributed by atoms with Gasteiger partial charge >= 0.3 is 5.97 Å². The molecule has 0 aliphatic heterocycles. The number of nitrogens with one attached hydrogen (secondary N) is 1. The van der Waals surface area contributed by atoms with Gasteiger partial charge in [-0.15, -0.1) is 11.8 Å². The highest BCUT2D eigenvalue weighted by atomic mass is 32.2. The second-order valence-electron chi connectivity index (χ2n) is 3.13. The quantitative estimate of drug-likeness (QED) is 0.681. The zero-order chi connectivity index (χ0) is 9.84. The second-order valence-corrected chi connectivity index (χ2v) is 4.46. The number of aliphatic carboxylic acids is 1. The molecule has 1 fully saturated rings. The molecular weight excluding hydrogens is 190 g/mol. The number of carbonyl (C=O) groups excluding carboxylic acids is 1. The summed E-state index contributed by atoms with van der Waals surface area (Å²) in [6.07, 6.45) is 2.12. The van der Waals surface area contributed by atoms with E-state index in [9.17, 15) is 9.59 Å². The molecule has 0 spiro atoms. The van der Waals surface area contributed by atoms with E-state index in [0.717, 1.165) is 24.6 Å². The molecule has 2 N–H and O–H groups in total. The van der Waals surface area contributed by atoms with E-state index in [1.54, 1.807) is 6.92 Å². The Kier molecular flexibility index (Phi) is 3.59. The van der Waals surface area contributed by atoms with Crippen molar-refractivity contribution in [3.63, 3.8) is 0 Å². The van der Waals surface area contributed by atoms with Crippen LogP contribution < -0.4 is 5.32 Å². The normalized spacial score (nSPS) is 17.9. The van der Waals surface area contributed by atoms with E-state index >= 15 is 0 Å². The SMILES string of the molecule is C[C@H](SCC(=O)O)C(=O)NC1CC1. The van der Waals surface area contributed by atoms with E-state index < -0.39 is 5.97 Å². The first kappa shape index (κ1) is 10.4. The summed E-state index contributed by atoms with van der Waals surface area (Å²) < 4.78 is 0. The Bertz CT molecular complexity index is 215. The molecule has 0 heterocycles. The molecule has 0 radical (unpaired) electrons. The van der Waals surface area contributed by atoms with Gasteiger partial charge in [0.1, 0.15) is 0 Å². The van der Waals surface area contributed by atoms with Crippen molar-refractivity contribution in [2.45, 2.75) is 31.1 Å². The van der Waals surface area contributed by atoms with Crippen molar-refractivity contribution in [3.8, 4) is 0 Å². The van der Waals surface area contributed by atoms with Crippen molar-refractivity contribution in [1.82, 2.24) is 5.32 Å². The maximum Gasteiger partial charge on any atom is 0.313 e. The molecule has 1 saturated carbocycles. The molecule has 0 aromatic carbocycles. The third-order valence-corrected chi connectivity index (χ3v) is 2.88. The second kappa shape index (κ2) is 4.50. The van der Waals surface area contributed by atoms with Crippen LogP contribution in [-0.2, 0) is 9.59 Å². The van der Waals surface area contributed by atoms with Crippen molar-refractivity contribution in [3.05, 3.63) is 0 Å². The van der Waals surface area contributed by atoms with Crippen molar-refractivity contribution in [2.75, 3.05) is 5.75 Å². The van der Waals surface area contributed by atoms with Crippen LogP contribution in [0.15, 0.2) is 0 Å². The fraction of sp³-hybridized carbons (Fsp3) is 0.750. The standard InChI is InChI=1S/C8H13NO3S/c1-5(13-4-7(10)11)8(12)9-6-2-3-6/h5-6H,2-4H2,1H3,(H,9,12)(H,10,11)/t5-/m0/s1. The predicted octanol–water partition coefficient (Wildman–Crippen LogP) is 0.471. The summed E-state index contributed by atoms with van der Waals surface area (Å²) >= 11 is 1.15. The molecular formula is C8H13NO3S. The number of rotatable bonds is 5. The molecule has 1 rings (SSSR count). The zero-order valence-electron chi connectivity index (χ0n) is 7.45. The Morgan fingerprint density at radius 3 is 2.69 bits per heavy atom. The van der Waals surface area contributed by atoms with Gasteiger partial charge in [0.15, 0.2) is 0 Å². The number of carboxylic acids is 1. The third-order valence-electron chi connectivity index (χ3n) is 1.75. The molecule has 13 heavy (non-hydrogen) atoms. The van der Waals surface area contributed by atoms with Crippen molar-refractivity contribution >= 4 is 23.6 Å². The predicted molar refractivity (Wildman–Crippen MR) is 50.7 cm³/mol. The van der Waals surface area contributed by atoms with Crippen LogP contribution in [0.25, 0.3) is 0 Å². The summed E-state index contributed by atoms with van der Waals surface area (Å²) in [4.78, 5) is 21.5. The maximum absolute atomic E-state index is 11.3. The van der Waals surface area contributed by atoms with Crippen molar-refractivity contribution < 1.29 is 14.7 Å². The van der Waals surface area contributed by atoms with E-state index in [-0.39, 0.29) is 16.9 Å². The van der Waals surface area contributed by atoms with Crippen LogP contribution in [0.2, 0.25) is 0 Å². The van der Waals surface area contributed by atoms with E-state index in [2.05, 4.69) is 5.32 Å². The lowest BCUT2D eigenvalue weighted by molar-refractivity contribution is -0.133. The lowest BCUT2D eigenvalue weighted by Gasteiger charge is -2.09. The van der Waals surface area contributed by atoms with Gasteiger partial charge in [0.05, 0.1) is 11.0 Å². The smallest absolute Gasteiger partial charge is 0.313 e. The van der Waals surface area contributed by atoms with Gasteiger partial charge in [-0.3, -0.25) is 9.59 Å². The highest BCUT2D eigenvalue weighted by Crippen LogP contribution is 2.20. The van der Waals surface area contributed by atoms with Crippen LogP contribution in [0.4, 0.5) is 0 Å². The van der Waals surface area contributed by atoms with Crippen LogP contribution in [0.1, 0.15) is 19.8 Å². The van der Waals surface area contributed by atoms with Gasteiger partial charge in [0.25, 0.3) is 0 Å². The number of thioether (sulfide) groups is 1. The van der Waals surface area contributed by atoms with Crippen molar-refractivity contribution in [1.29, 1.82) is 0 Å². The van der Waals surface area contributed by atoms with Gasteiger partial charge in [-0.2, -0.15) is 0 Å². The minimum Gasteiger partial charge on any atom is -0.481 e. The first-order chi connectivity index (χ1) is 6.09. The first-order valence-corrected chi connectivity index (χ1v) is 5.28. The van der Waals surface area contributed by atoms with E-state index in [1.165, 1.54) is 0 Å². The molecule has 1 aliphatic rings. The molecule has 74 valence electrons. The van der Waals surface area contributed by atoms with Gasteiger partial charge in [0.2, 0.25) is 5.91 Å². The van der Waals surface area contributed by atoms with Crippen LogP contribution >= 0.6 is 11.8 Å². The molecule has 0 unspecified atom stereocenters. The molecule has 0 aromatic rings. The number of hydrogen-bond donors (Lipinski definition) is 2. The molecule has 4 nitrogen and oxygen atoms in total. The van der Waals surface area contributed by atoms with Gasteiger partial charge in [-0.1, -0.05) is 0 Å². The average molecular weight is 203 g/mol. The van der Waals surface area contributed by atoms with Gasteiger partial charge < -0.3 is 10.4 Å². The summed E-state index contributed by atoms with van der Waals surface area (Å²) in [7, 11) is 0. The Labute approximate surface area is 81.1 Å². The van der Waals surface area contributed by atoms with E-state index in [1.807, 2.05) is 0 Å². The van der Waals surface area contributed by atoms with Crippen LogP contribution in [0, 0.1) is 0 Å². The molecule has 5 heteroatoms. The number of amides is 1. The maximum atomic E-state index is 11.3. The summed E-state index contributed by atoms with van der Waals surface area (Å²) in [6, 6.07) is 0.348. The highest BCUT2D eigenvalue weighted by molar-refractivity contribution is 8.01. The number of hydrogen-bond acceptors (Lipinski definition) is 3. The van der Waals surface area contributed by atoms with E-state index in [0.29, 0.717) is 6.04 Å². The highest BCUT2D eigenvalue weighted by Gasteiger charge is 2.25. The Morgan fingerprint density at radius 2 is 2.23 bits per heavy atom. The molecule has 0 bridgehead atoms. The summed E-state index contributed by atoms with van der Waals surface area (Å²) in [6.45, 7) is 1.73. The Morgan fingerprint density at radius 1 is 1.62 bits per heavy atom. The topological polar surface area (TPSA) is 66.4 Å². The Balaban J connectivity index is 2.16. The minimum atomic E-state index is -0.879. The fourth-order valence-electron chi connectivity index (χ4n) is 0.818. The lowest BCUT2D eigenvalue weighted by atomic mass is 10.4. The largest absolute Gasteiger partial charge is 0.481 e. The average Bonchev–Trinajstić information content (AvgIpc) is 2.83. The summed E-state index contributed by atoms with van der Waals surface area (Å²) in [5.74, 6) is -0.941. The Hall–Kier alpha value is -0.710. The summed E-state index contributed by atoms with van der Waals surface area (Å²) in [5.41, 5.74) is 0.